The Balaban J connectivity index is 2.54. The third-order valence-electron chi connectivity index (χ3n) is 2.87. The molecule has 18 heavy (non-hydrogen) atoms. The Morgan fingerprint density at radius 1 is 0.944 bits per heavy atom. The van der Waals surface area contributed by atoms with E-state index in [0.717, 1.165) is 16.7 Å². The minimum Gasteiger partial charge on any atom is -0.123 e. The lowest BCUT2D eigenvalue weighted by molar-refractivity contribution is 1.21. The second-order valence-corrected chi connectivity index (χ2v) is 4.21. The molecule has 0 amide bonds. The number of nitroso groups, excluding NO2 is 1. The zero-order chi connectivity index (χ0) is 13.0. The molecule has 0 saturated heterocycles. The van der Waals surface area contributed by atoms with Crippen LogP contribution < -0.4 is 0 Å². The quantitative estimate of drug-likeness (QED) is 0.455. The van der Waals surface area contributed by atoms with E-state index in [1.54, 1.807) is 0 Å². The van der Waals surface area contributed by atoms with E-state index in [-0.39, 0.29) is 0 Å². The van der Waals surface area contributed by atoms with Gasteiger partial charge in [0.2, 0.25) is 0 Å². The van der Waals surface area contributed by atoms with Crippen molar-refractivity contribution in [1.29, 1.82) is 0 Å². The number of hydrogen-bond donors (Lipinski definition) is 0. The molecule has 0 unspecified atom stereocenters. The van der Waals surface area contributed by atoms with Gasteiger partial charge >= 0.3 is 0 Å². The second kappa shape index (κ2) is 5.36. The molecule has 0 N–H and O–H groups in total. The highest BCUT2D eigenvalue weighted by molar-refractivity contribution is 6.13. The van der Waals surface area contributed by atoms with Crippen molar-refractivity contribution in [2.45, 2.75) is 13.8 Å². The smallest absolute Gasteiger partial charge is 0.104 e. The third-order valence-corrected chi connectivity index (χ3v) is 2.87. The molecular weight excluding hydrogens is 224 g/mol. The lowest BCUT2D eigenvalue weighted by atomic mass is 9.98. The molecule has 3 nitrogen and oxygen atoms in total. The van der Waals surface area contributed by atoms with Gasteiger partial charge in [0.05, 0.1) is 5.29 Å². The van der Waals surface area contributed by atoms with Gasteiger partial charge in [-0.25, -0.2) is 0 Å². The zero-order valence-corrected chi connectivity index (χ0v) is 10.4. The molecule has 0 heterocycles. The van der Waals surface area contributed by atoms with Crippen LogP contribution >= 0.6 is 0 Å². The zero-order valence-electron chi connectivity index (χ0n) is 10.4. The molecule has 90 valence electrons. The normalized spacial score (nSPS) is 11.3. The van der Waals surface area contributed by atoms with Crippen LogP contribution in [0.5, 0.6) is 0 Å². The minimum absolute atomic E-state index is 0.614. The Morgan fingerprint density at radius 3 is 2.22 bits per heavy atom. The van der Waals surface area contributed by atoms with E-state index < -0.39 is 0 Å². The van der Waals surface area contributed by atoms with Gasteiger partial charge in [-0.15, -0.1) is 10.0 Å². The van der Waals surface area contributed by atoms with Crippen molar-refractivity contribution < 1.29 is 0 Å². The van der Waals surface area contributed by atoms with Crippen molar-refractivity contribution in [3.63, 3.8) is 0 Å². The van der Waals surface area contributed by atoms with Gasteiger partial charge in [-0.3, -0.25) is 0 Å². The van der Waals surface area contributed by atoms with Crippen LogP contribution in [0.1, 0.15) is 22.3 Å². The number of benzene rings is 2. The third kappa shape index (κ3) is 2.51. The van der Waals surface area contributed by atoms with Crippen LogP contribution in [-0.2, 0) is 0 Å². The highest BCUT2D eigenvalue weighted by Gasteiger charge is 2.09. The Bertz CT molecular complexity index is 586. The molecule has 0 atom stereocenters. The largest absolute Gasteiger partial charge is 0.123 e. The summed E-state index contributed by atoms with van der Waals surface area (Å²) in [6.45, 7) is 4.01. The van der Waals surface area contributed by atoms with Crippen LogP contribution in [0, 0.1) is 18.8 Å². The van der Waals surface area contributed by atoms with Crippen LogP contribution in [0.15, 0.2) is 58.9 Å². The average Bonchev–Trinajstić information content (AvgIpc) is 2.38. The first-order chi connectivity index (χ1) is 8.72. The summed E-state index contributed by atoms with van der Waals surface area (Å²) in [6, 6.07) is 15.7. The van der Waals surface area contributed by atoms with E-state index >= 15 is 0 Å². The molecule has 0 aliphatic carbocycles. The van der Waals surface area contributed by atoms with Crippen molar-refractivity contribution >= 4 is 5.71 Å². The van der Waals surface area contributed by atoms with Crippen LogP contribution in [-0.4, -0.2) is 5.71 Å². The summed E-state index contributed by atoms with van der Waals surface area (Å²) in [5.74, 6) is 0. The Hall–Kier alpha value is -2.29. The van der Waals surface area contributed by atoms with E-state index in [9.17, 15) is 4.91 Å². The van der Waals surface area contributed by atoms with E-state index in [1.807, 2.05) is 62.4 Å². The van der Waals surface area contributed by atoms with Gasteiger partial charge in [-0.2, -0.15) is 0 Å². The topological polar surface area (TPSA) is 41.8 Å². The highest BCUT2D eigenvalue weighted by Crippen LogP contribution is 2.16. The molecule has 0 bridgehead atoms. The maximum absolute atomic E-state index is 10.5. The molecule has 2 aromatic carbocycles. The summed E-state index contributed by atoms with van der Waals surface area (Å²) in [5, 5.41) is 6.43. The van der Waals surface area contributed by atoms with Gasteiger partial charge in [-0.1, -0.05) is 54.1 Å². The van der Waals surface area contributed by atoms with E-state index in [2.05, 4.69) is 10.4 Å². The predicted octanol–water partition coefficient (Wildman–Crippen LogP) is 3.82. The van der Waals surface area contributed by atoms with Gasteiger partial charge in [0.1, 0.15) is 5.71 Å². The van der Waals surface area contributed by atoms with Crippen LogP contribution in [0.2, 0.25) is 0 Å². The van der Waals surface area contributed by atoms with Gasteiger partial charge in [-0.05, 0) is 19.4 Å². The predicted molar refractivity (Wildman–Crippen MR) is 73.8 cm³/mol. The van der Waals surface area contributed by atoms with Crippen molar-refractivity contribution in [3.05, 3.63) is 75.7 Å². The lowest BCUT2D eigenvalue weighted by Gasteiger charge is -2.08. The molecule has 0 aliphatic rings. The van der Waals surface area contributed by atoms with E-state index in [4.69, 9.17) is 0 Å². The molecule has 0 saturated carbocycles. The SMILES string of the molecule is Cc1ccc(/C(=N/N=O)c2ccccc2C)cc1. The van der Waals surface area contributed by atoms with Gasteiger partial charge in [0, 0.05) is 11.1 Å². The average molecular weight is 238 g/mol. The van der Waals surface area contributed by atoms with E-state index in [1.165, 1.54) is 5.56 Å². The minimum atomic E-state index is 0.614. The first kappa shape index (κ1) is 12.2. The van der Waals surface area contributed by atoms with Crippen LogP contribution in [0.4, 0.5) is 0 Å². The van der Waals surface area contributed by atoms with Gasteiger partial charge in [0.25, 0.3) is 0 Å². The summed E-state index contributed by atoms with van der Waals surface area (Å²) < 4.78 is 0. The number of nitrogens with zero attached hydrogens (tertiary/aromatic N) is 2. The standard InChI is InChI=1S/C15H14N2O/c1-11-7-9-13(10-8-11)15(16-17-18)14-6-4-3-5-12(14)2/h3-10H,1-2H3/b16-15-. The highest BCUT2D eigenvalue weighted by atomic mass is 16.3. The van der Waals surface area contributed by atoms with Crippen LogP contribution in [0.25, 0.3) is 0 Å². The van der Waals surface area contributed by atoms with Crippen LogP contribution in [0.3, 0.4) is 0 Å². The monoisotopic (exact) mass is 238 g/mol. The fraction of sp³-hybridized carbons (Fsp3) is 0.133. The van der Waals surface area contributed by atoms with Crippen molar-refractivity contribution in [2.24, 2.45) is 10.4 Å². The number of hydrogen-bond acceptors (Lipinski definition) is 2. The molecule has 0 radical (unpaired) electrons. The van der Waals surface area contributed by atoms with Crippen molar-refractivity contribution in [1.82, 2.24) is 0 Å². The molecular formula is C15H14N2O. The summed E-state index contributed by atoms with van der Waals surface area (Å²) >= 11 is 0. The van der Waals surface area contributed by atoms with Gasteiger partial charge in [0.15, 0.2) is 0 Å². The summed E-state index contributed by atoms with van der Waals surface area (Å²) in [4.78, 5) is 10.5. The summed E-state index contributed by atoms with van der Waals surface area (Å²) in [5.41, 5.74) is 4.68. The fourth-order valence-corrected chi connectivity index (χ4v) is 1.86. The Kier molecular flexibility index (Phi) is 3.63. The maximum Gasteiger partial charge on any atom is 0.104 e. The molecule has 3 heteroatoms. The first-order valence-electron chi connectivity index (χ1n) is 5.75. The number of rotatable bonds is 3. The van der Waals surface area contributed by atoms with Crippen molar-refractivity contribution in [2.75, 3.05) is 0 Å². The Labute approximate surface area is 106 Å². The molecule has 0 aliphatic heterocycles. The summed E-state index contributed by atoms with van der Waals surface area (Å²) in [6.07, 6.45) is 0. The van der Waals surface area contributed by atoms with Gasteiger partial charge < -0.3 is 0 Å². The fourth-order valence-electron chi connectivity index (χ4n) is 1.86. The first-order valence-corrected chi connectivity index (χ1v) is 5.75. The van der Waals surface area contributed by atoms with E-state index in [0.29, 0.717) is 5.71 Å². The molecule has 0 spiro atoms. The Morgan fingerprint density at radius 2 is 1.61 bits per heavy atom. The maximum atomic E-state index is 10.5. The van der Waals surface area contributed by atoms with Crippen molar-refractivity contribution in [3.8, 4) is 0 Å². The lowest BCUT2D eigenvalue weighted by Crippen LogP contribution is -2.04. The summed E-state index contributed by atoms with van der Waals surface area (Å²) in [7, 11) is 0. The number of aryl methyl sites for hydroxylation is 2. The molecule has 0 aromatic heterocycles. The molecule has 0 fully saturated rings. The molecule has 2 rings (SSSR count). The molecule has 2 aromatic rings. The second-order valence-electron chi connectivity index (χ2n) is 4.21.